The van der Waals surface area contributed by atoms with Crippen LogP contribution in [0.15, 0.2) is 24.3 Å². The maximum atomic E-state index is 5.90. The fraction of sp³-hybridized carbons (Fsp3) is 0.667. The van der Waals surface area contributed by atoms with E-state index in [-0.39, 0.29) is 12.1 Å². The van der Waals surface area contributed by atoms with E-state index in [2.05, 4.69) is 50.4 Å². The van der Waals surface area contributed by atoms with Crippen LogP contribution in [0.25, 0.3) is 0 Å². The van der Waals surface area contributed by atoms with E-state index in [1.54, 1.807) is 0 Å². The highest BCUT2D eigenvalue weighted by atomic mass is 16.6. The van der Waals surface area contributed by atoms with Gasteiger partial charge >= 0.3 is 0 Å². The molecule has 1 aliphatic heterocycles. The second-order valence-electron chi connectivity index (χ2n) is 6.26. The molecule has 0 saturated carbocycles. The Morgan fingerprint density at radius 1 is 1.19 bits per heavy atom. The summed E-state index contributed by atoms with van der Waals surface area (Å²) in [5, 5.41) is 3.61. The zero-order chi connectivity index (χ0) is 15.1. The predicted molar refractivity (Wildman–Crippen MR) is 86.6 cm³/mol. The molecule has 0 radical (unpaired) electrons. The number of hydrogen-bond acceptors (Lipinski definition) is 3. The molecule has 0 aromatic heterocycles. The van der Waals surface area contributed by atoms with Gasteiger partial charge in [0.25, 0.3) is 0 Å². The van der Waals surface area contributed by atoms with Crippen molar-refractivity contribution in [3.8, 4) is 0 Å². The fourth-order valence-electron chi connectivity index (χ4n) is 2.79. The first-order chi connectivity index (χ1) is 10.2. The predicted octanol–water partition coefficient (Wildman–Crippen LogP) is 3.34. The molecule has 0 amide bonds. The largest absolute Gasteiger partial charge is 0.376 e. The molecule has 2 atom stereocenters. The normalized spacial score (nSPS) is 20.7. The van der Waals surface area contributed by atoms with Crippen molar-refractivity contribution in [3.63, 3.8) is 0 Å². The lowest BCUT2D eigenvalue weighted by Gasteiger charge is -2.31. The molecule has 1 N–H and O–H groups in total. The van der Waals surface area contributed by atoms with E-state index >= 15 is 0 Å². The third-order valence-corrected chi connectivity index (χ3v) is 3.81. The monoisotopic (exact) mass is 291 g/mol. The van der Waals surface area contributed by atoms with Crippen molar-refractivity contribution >= 4 is 0 Å². The first-order valence-electron chi connectivity index (χ1n) is 8.22. The standard InChI is InChI=1S/C18H29NO2/c1-4-9-19-18(17-13-20-10-11-21-17)16-7-5-15(6-8-16)12-14(2)3/h5-8,14,17-19H,4,9-13H2,1-3H3. The van der Waals surface area contributed by atoms with Gasteiger partial charge in [-0.25, -0.2) is 0 Å². The first kappa shape index (κ1) is 16.5. The maximum Gasteiger partial charge on any atom is 0.100 e. The van der Waals surface area contributed by atoms with Crippen LogP contribution in [0.2, 0.25) is 0 Å². The number of ether oxygens (including phenoxy) is 2. The van der Waals surface area contributed by atoms with Gasteiger partial charge in [0.05, 0.1) is 25.9 Å². The molecule has 0 spiro atoms. The molecule has 21 heavy (non-hydrogen) atoms. The molecule has 1 heterocycles. The summed E-state index contributed by atoms with van der Waals surface area (Å²) in [6, 6.07) is 9.20. The molecule has 1 saturated heterocycles. The van der Waals surface area contributed by atoms with Crippen LogP contribution in [-0.2, 0) is 15.9 Å². The van der Waals surface area contributed by atoms with Crippen LogP contribution in [0.1, 0.15) is 44.4 Å². The summed E-state index contributed by atoms with van der Waals surface area (Å²) in [6.45, 7) is 9.78. The highest BCUT2D eigenvalue weighted by Gasteiger charge is 2.26. The minimum Gasteiger partial charge on any atom is -0.376 e. The van der Waals surface area contributed by atoms with Crippen molar-refractivity contribution in [2.75, 3.05) is 26.4 Å². The van der Waals surface area contributed by atoms with Gasteiger partial charge in [0.1, 0.15) is 6.10 Å². The van der Waals surface area contributed by atoms with Crippen LogP contribution in [0.3, 0.4) is 0 Å². The van der Waals surface area contributed by atoms with Gasteiger partial charge in [0.2, 0.25) is 0 Å². The maximum absolute atomic E-state index is 5.90. The minimum absolute atomic E-state index is 0.112. The Morgan fingerprint density at radius 2 is 1.95 bits per heavy atom. The van der Waals surface area contributed by atoms with Crippen molar-refractivity contribution in [2.24, 2.45) is 5.92 Å². The third kappa shape index (κ3) is 5.10. The molecule has 2 rings (SSSR count). The molecule has 0 bridgehead atoms. The van der Waals surface area contributed by atoms with Gasteiger partial charge in [-0.2, -0.15) is 0 Å². The highest BCUT2D eigenvalue weighted by molar-refractivity contribution is 5.26. The number of rotatable bonds is 7. The number of nitrogens with one attached hydrogen (secondary N) is 1. The van der Waals surface area contributed by atoms with Gasteiger partial charge in [-0.1, -0.05) is 45.0 Å². The van der Waals surface area contributed by atoms with E-state index in [1.807, 2.05) is 0 Å². The lowest BCUT2D eigenvalue weighted by atomic mass is 9.97. The lowest BCUT2D eigenvalue weighted by molar-refractivity contribution is -0.102. The van der Waals surface area contributed by atoms with Gasteiger partial charge < -0.3 is 14.8 Å². The molecule has 1 aromatic rings. The molecule has 3 heteroatoms. The third-order valence-electron chi connectivity index (χ3n) is 3.81. The quantitative estimate of drug-likeness (QED) is 0.836. The zero-order valence-corrected chi connectivity index (χ0v) is 13.6. The summed E-state index contributed by atoms with van der Waals surface area (Å²) in [7, 11) is 0. The van der Waals surface area contributed by atoms with Crippen LogP contribution in [0.5, 0.6) is 0 Å². The van der Waals surface area contributed by atoms with Crippen LogP contribution >= 0.6 is 0 Å². The molecule has 1 fully saturated rings. The molecular weight excluding hydrogens is 262 g/mol. The summed E-state index contributed by atoms with van der Waals surface area (Å²) in [6.07, 6.45) is 2.37. The van der Waals surface area contributed by atoms with Crippen LogP contribution in [0.4, 0.5) is 0 Å². The Labute approximate surface area is 129 Å². The first-order valence-corrected chi connectivity index (χ1v) is 8.22. The Morgan fingerprint density at radius 3 is 2.52 bits per heavy atom. The molecule has 0 aliphatic carbocycles. The number of hydrogen-bond donors (Lipinski definition) is 1. The SMILES string of the molecule is CCCNC(c1ccc(CC(C)C)cc1)C1COCCO1. The van der Waals surface area contributed by atoms with E-state index in [4.69, 9.17) is 9.47 Å². The Balaban J connectivity index is 2.07. The summed E-state index contributed by atoms with van der Waals surface area (Å²) < 4.78 is 11.5. The molecule has 1 aromatic carbocycles. The molecule has 2 unspecified atom stereocenters. The van der Waals surface area contributed by atoms with E-state index < -0.39 is 0 Å². The van der Waals surface area contributed by atoms with Gasteiger partial charge in [-0.3, -0.25) is 0 Å². The van der Waals surface area contributed by atoms with E-state index in [1.165, 1.54) is 11.1 Å². The van der Waals surface area contributed by atoms with E-state index in [0.29, 0.717) is 25.7 Å². The van der Waals surface area contributed by atoms with Gasteiger partial charge in [0, 0.05) is 0 Å². The topological polar surface area (TPSA) is 30.5 Å². The molecule has 3 nitrogen and oxygen atoms in total. The van der Waals surface area contributed by atoms with E-state index in [9.17, 15) is 0 Å². The zero-order valence-electron chi connectivity index (χ0n) is 13.6. The van der Waals surface area contributed by atoms with Crippen molar-refractivity contribution in [1.29, 1.82) is 0 Å². The highest BCUT2D eigenvalue weighted by Crippen LogP contribution is 2.23. The van der Waals surface area contributed by atoms with Crippen molar-refractivity contribution in [2.45, 2.75) is 45.8 Å². The Hall–Kier alpha value is -0.900. The second-order valence-corrected chi connectivity index (χ2v) is 6.26. The molecule has 118 valence electrons. The summed E-state index contributed by atoms with van der Waals surface area (Å²) >= 11 is 0. The Bertz CT molecular complexity index is 396. The molecule has 1 aliphatic rings. The fourth-order valence-corrected chi connectivity index (χ4v) is 2.79. The van der Waals surface area contributed by atoms with Crippen molar-refractivity contribution < 1.29 is 9.47 Å². The minimum atomic E-state index is 0.112. The summed E-state index contributed by atoms with van der Waals surface area (Å²) in [5.74, 6) is 0.694. The summed E-state index contributed by atoms with van der Waals surface area (Å²) in [4.78, 5) is 0. The van der Waals surface area contributed by atoms with Crippen LogP contribution in [0, 0.1) is 5.92 Å². The van der Waals surface area contributed by atoms with Gasteiger partial charge in [-0.05, 0) is 36.4 Å². The number of benzene rings is 1. The second kappa shape index (κ2) is 8.52. The van der Waals surface area contributed by atoms with Gasteiger partial charge in [0.15, 0.2) is 0 Å². The lowest BCUT2D eigenvalue weighted by Crippen LogP contribution is -2.40. The van der Waals surface area contributed by atoms with Gasteiger partial charge in [-0.15, -0.1) is 0 Å². The summed E-state index contributed by atoms with van der Waals surface area (Å²) in [5.41, 5.74) is 2.70. The smallest absolute Gasteiger partial charge is 0.100 e. The Kier molecular flexibility index (Phi) is 6.68. The molecular formula is C18H29NO2. The van der Waals surface area contributed by atoms with Crippen molar-refractivity contribution in [3.05, 3.63) is 35.4 Å². The van der Waals surface area contributed by atoms with E-state index in [0.717, 1.165) is 19.4 Å². The van der Waals surface area contributed by atoms with Crippen molar-refractivity contribution in [1.82, 2.24) is 5.32 Å². The van der Waals surface area contributed by atoms with Crippen LogP contribution in [-0.4, -0.2) is 32.5 Å². The van der Waals surface area contributed by atoms with Crippen LogP contribution < -0.4 is 5.32 Å². The average Bonchev–Trinajstić information content (AvgIpc) is 2.50. The average molecular weight is 291 g/mol.